The van der Waals surface area contributed by atoms with Crippen molar-refractivity contribution in [2.75, 3.05) is 19.6 Å². The Labute approximate surface area is 292 Å². The molecule has 2 heterocycles. The molecule has 0 atom stereocenters. The van der Waals surface area contributed by atoms with E-state index in [1.807, 2.05) is 29.2 Å². The molecular weight excluding hydrogens is 665 g/mol. The molecule has 1 aromatic heterocycles. The zero-order valence-corrected chi connectivity index (χ0v) is 28.1. The lowest BCUT2D eigenvalue weighted by molar-refractivity contribution is -0.137. The smallest absolute Gasteiger partial charge is 0.416 e. The minimum Gasteiger partial charge on any atom is -0.508 e. The first-order valence-electron chi connectivity index (χ1n) is 17.0. The molecule has 1 N–H and O–H groups in total. The van der Waals surface area contributed by atoms with Gasteiger partial charge in [-0.2, -0.15) is 13.2 Å². The summed E-state index contributed by atoms with van der Waals surface area (Å²) in [5.41, 5.74) is 2.10. The fourth-order valence-electron chi connectivity index (χ4n) is 6.86. The van der Waals surface area contributed by atoms with Gasteiger partial charge in [0.2, 0.25) is 5.91 Å². The van der Waals surface area contributed by atoms with Crippen LogP contribution in [0, 0.1) is 11.6 Å². The number of rotatable bonds is 10. The molecule has 0 spiro atoms. The molecule has 4 aromatic carbocycles. The predicted octanol–water partition coefficient (Wildman–Crippen LogP) is 7.97. The highest BCUT2D eigenvalue weighted by molar-refractivity contribution is 5.84. The van der Waals surface area contributed by atoms with Gasteiger partial charge in [-0.1, -0.05) is 55.5 Å². The summed E-state index contributed by atoms with van der Waals surface area (Å²) in [6, 6.07) is 21.9. The van der Waals surface area contributed by atoms with Crippen LogP contribution in [0.5, 0.6) is 5.75 Å². The Morgan fingerprint density at radius 2 is 1.55 bits per heavy atom. The Balaban J connectivity index is 1.31. The van der Waals surface area contributed by atoms with Crippen molar-refractivity contribution in [1.29, 1.82) is 0 Å². The van der Waals surface area contributed by atoms with Gasteiger partial charge in [-0.15, -0.1) is 0 Å². The van der Waals surface area contributed by atoms with E-state index in [4.69, 9.17) is 0 Å². The minimum absolute atomic E-state index is 0.0754. The van der Waals surface area contributed by atoms with E-state index in [1.165, 1.54) is 48.5 Å². The average molecular weight is 704 g/mol. The number of alkyl halides is 3. The zero-order valence-electron chi connectivity index (χ0n) is 28.1. The van der Waals surface area contributed by atoms with Crippen LogP contribution in [-0.2, 0) is 36.9 Å². The van der Waals surface area contributed by atoms with Crippen LogP contribution in [0.3, 0.4) is 0 Å². The van der Waals surface area contributed by atoms with E-state index >= 15 is 0 Å². The van der Waals surface area contributed by atoms with Gasteiger partial charge in [-0.05, 0) is 84.8 Å². The number of aromatic hydroxyl groups is 1. The normalized spacial score (nSPS) is 14.2. The molecule has 6 nitrogen and oxygen atoms in total. The van der Waals surface area contributed by atoms with Crippen LogP contribution >= 0.6 is 0 Å². The number of halogens is 5. The summed E-state index contributed by atoms with van der Waals surface area (Å²) in [6.07, 6.45) is -2.71. The number of amides is 1. The Bertz CT molecular complexity index is 2070. The van der Waals surface area contributed by atoms with E-state index < -0.39 is 23.4 Å². The number of aryl methyl sites for hydroxylation is 2. The van der Waals surface area contributed by atoms with Gasteiger partial charge in [0, 0.05) is 48.9 Å². The SMILES string of the molecule is CCN1CCC(N(Cc2ccc(-c3ccc(C(F)(F)F)cc3)cc2)C(=O)Cn2c(CCc3cccc(F)c3F)cc(=O)c3ccc(O)cc32)CC1. The van der Waals surface area contributed by atoms with Crippen molar-refractivity contribution >= 4 is 16.8 Å². The second-order valence-corrected chi connectivity index (χ2v) is 13.0. The summed E-state index contributed by atoms with van der Waals surface area (Å²) < 4.78 is 69.5. The first-order chi connectivity index (χ1) is 24.4. The lowest BCUT2D eigenvalue weighted by Gasteiger charge is -2.38. The summed E-state index contributed by atoms with van der Waals surface area (Å²) in [5, 5.41) is 10.7. The third-order valence-corrected chi connectivity index (χ3v) is 9.78. The number of fused-ring (bicyclic) bond motifs is 1. The lowest BCUT2D eigenvalue weighted by Crippen LogP contribution is -2.48. The summed E-state index contributed by atoms with van der Waals surface area (Å²) in [5.74, 6) is -2.24. The molecule has 0 saturated carbocycles. The predicted molar refractivity (Wildman–Crippen MR) is 186 cm³/mol. The monoisotopic (exact) mass is 703 g/mol. The summed E-state index contributed by atoms with van der Waals surface area (Å²) in [4.78, 5) is 31.8. The van der Waals surface area contributed by atoms with E-state index in [-0.39, 0.29) is 54.6 Å². The van der Waals surface area contributed by atoms with Crippen molar-refractivity contribution in [2.24, 2.45) is 0 Å². The molecule has 1 amide bonds. The maximum absolute atomic E-state index is 14.6. The number of hydrogen-bond donors (Lipinski definition) is 1. The van der Waals surface area contributed by atoms with Crippen molar-refractivity contribution in [3.63, 3.8) is 0 Å². The molecule has 0 radical (unpaired) electrons. The minimum atomic E-state index is -4.42. The number of phenols is 1. The Kier molecular flexibility index (Phi) is 10.6. The van der Waals surface area contributed by atoms with Crippen LogP contribution in [0.2, 0.25) is 0 Å². The number of carbonyl (C=O) groups is 1. The topological polar surface area (TPSA) is 65.8 Å². The molecule has 6 rings (SSSR count). The maximum atomic E-state index is 14.6. The number of nitrogens with zero attached hydrogens (tertiary/aromatic N) is 3. The molecule has 0 bridgehead atoms. The lowest BCUT2D eigenvalue weighted by atomic mass is 10.00. The van der Waals surface area contributed by atoms with Gasteiger partial charge in [0.05, 0.1) is 11.1 Å². The van der Waals surface area contributed by atoms with Crippen LogP contribution in [0.25, 0.3) is 22.0 Å². The van der Waals surface area contributed by atoms with E-state index in [0.717, 1.165) is 61.8 Å². The van der Waals surface area contributed by atoms with Gasteiger partial charge in [-0.25, -0.2) is 8.78 Å². The van der Waals surface area contributed by atoms with Gasteiger partial charge in [-0.3, -0.25) is 9.59 Å². The summed E-state index contributed by atoms with van der Waals surface area (Å²) >= 11 is 0. The van der Waals surface area contributed by atoms with Gasteiger partial charge < -0.3 is 19.5 Å². The van der Waals surface area contributed by atoms with Crippen molar-refractivity contribution < 1.29 is 31.9 Å². The van der Waals surface area contributed by atoms with E-state index in [2.05, 4.69) is 11.8 Å². The third-order valence-electron chi connectivity index (χ3n) is 9.78. The first-order valence-corrected chi connectivity index (χ1v) is 17.0. The number of pyridine rings is 1. The van der Waals surface area contributed by atoms with Gasteiger partial charge in [0.25, 0.3) is 0 Å². The maximum Gasteiger partial charge on any atom is 0.416 e. The number of benzene rings is 4. The highest BCUT2D eigenvalue weighted by Crippen LogP contribution is 2.31. The van der Waals surface area contributed by atoms with Gasteiger partial charge in [0.15, 0.2) is 17.1 Å². The number of likely N-dealkylation sites (tertiary alicyclic amines) is 1. The molecule has 1 saturated heterocycles. The summed E-state index contributed by atoms with van der Waals surface area (Å²) in [7, 11) is 0. The Hall–Kier alpha value is -5.03. The number of phenolic OH excluding ortho intramolecular Hbond substituents is 1. The van der Waals surface area contributed by atoms with E-state index in [0.29, 0.717) is 22.2 Å². The molecule has 0 unspecified atom stereocenters. The van der Waals surface area contributed by atoms with Crippen LogP contribution in [-0.4, -0.2) is 51.1 Å². The fraction of sp³-hybridized carbons (Fsp3) is 0.300. The van der Waals surface area contributed by atoms with E-state index in [9.17, 15) is 36.6 Å². The fourth-order valence-corrected chi connectivity index (χ4v) is 6.86. The van der Waals surface area contributed by atoms with Crippen LogP contribution in [0.4, 0.5) is 22.0 Å². The zero-order chi connectivity index (χ0) is 36.3. The molecular formula is C40H38F5N3O3. The first kappa shape index (κ1) is 35.8. The van der Waals surface area contributed by atoms with Crippen molar-refractivity contribution in [3.05, 3.63) is 135 Å². The quantitative estimate of drug-likeness (QED) is 0.150. The molecule has 5 aromatic rings. The second kappa shape index (κ2) is 15.1. The number of carbonyl (C=O) groups excluding carboxylic acids is 1. The summed E-state index contributed by atoms with van der Waals surface area (Å²) in [6.45, 7) is 4.73. The Morgan fingerprint density at radius 3 is 2.20 bits per heavy atom. The molecule has 1 aliphatic rings. The van der Waals surface area contributed by atoms with Crippen LogP contribution < -0.4 is 5.43 Å². The third kappa shape index (κ3) is 8.14. The molecule has 1 fully saturated rings. The van der Waals surface area contributed by atoms with Crippen LogP contribution in [0.1, 0.15) is 42.1 Å². The standard InChI is InChI=1S/C40H38F5N3O3/c1-2-46-20-18-31(19-21-46)48(24-26-6-8-27(9-7-26)28-10-13-30(14-11-28)40(43,44)45)38(51)25-47-32(15-12-29-4-3-5-35(41)39(29)42)22-37(50)34-17-16-33(49)23-36(34)47/h3-11,13-14,16-17,22-23,31,49H,2,12,15,18-21,24-25H2,1H3. The van der Waals surface area contributed by atoms with Crippen molar-refractivity contribution in [3.8, 4) is 16.9 Å². The van der Waals surface area contributed by atoms with Crippen molar-refractivity contribution in [1.82, 2.24) is 14.4 Å². The highest BCUT2D eigenvalue weighted by Gasteiger charge is 2.30. The number of hydrogen-bond acceptors (Lipinski definition) is 4. The van der Waals surface area contributed by atoms with Crippen molar-refractivity contribution in [2.45, 2.75) is 57.9 Å². The second-order valence-electron chi connectivity index (χ2n) is 13.0. The number of aromatic nitrogens is 1. The molecule has 0 aliphatic carbocycles. The van der Waals surface area contributed by atoms with Crippen LogP contribution in [0.15, 0.2) is 95.8 Å². The molecule has 11 heteroatoms. The van der Waals surface area contributed by atoms with Gasteiger partial charge >= 0.3 is 6.18 Å². The highest BCUT2D eigenvalue weighted by atomic mass is 19.4. The Morgan fingerprint density at radius 1 is 0.882 bits per heavy atom. The van der Waals surface area contributed by atoms with E-state index in [1.54, 1.807) is 4.57 Å². The molecule has 1 aliphatic heterocycles. The molecule has 51 heavy (non-hydrogen) atoms. The average Bonchev–Trinajstić information content (AvgIpc) is 3.12. The molecule has 266 valence electrons. The largest absolute Gasteiger partial charge is 0.508 e. The van der Waals surface area contributed by atoms with Gasteiger partial charge in [0.1, 0.15) is 12.3 Å². The number of piperidine rings is 1.